The number of hydrogen-bond acceptors (Lipinski definition) is 2. The van der Waals surface area contributed by atoms with Gasteiger partial charge in [-0.3, -0.25) is 4.21 Å². The Morgan fingerprint density at radius 3 is 2.82 bits per heavy atom. The van der Waals surface area contributed by atoms with Gasteiger partial charge in [0.05, 0.1) is 0 Å². The van der Waals surface area contributed by atoms with E-state index in [-0.39, 0.29) is 11.8 Å². The Labute approximate surface area is 132 Å². The summed E-state index contributed by atoms with van der Waals surface area (Å²) in [5.74, 6) is 0.372. The fraction of sp³-hybridized carbons (Fsp3) is 0.438. The summed E-state index contributed by atoms with van der Waals surface area (Å²) >= 11 is 0. The molecule has 0 unspecified atom stereocenters. The maximum absolute atomic E-state index is 13.7. The van der Waals surface area contributed by atoms with Crippen LogP contribution >= 0.6 is 0 Å². The van der Waals surface area contributed by atoms with Gasteiger partial charge in [-0.25, -0.2) is 9.18 Å². The van der Waals surface area contributed by atoms with Crippen LogP contribution in [0.3, 0.4) is 0 Å². The molecule has 1 aliphatic heterocycles. The molecule has 0 fully saturated rings. The SMILES string of the molecule is C[S@@](=O)CCCNC(=O)N1CC=C(c2ccccc2F)CC1. The predicted molar refractivity (Wildman–Crippen MR) is 87.5 cm³/mol. The average Bonchev–Trinajstić information content (AvgIpc) is 2.52. The van der Waals surface area contributed by atoms with Crippen molar-refractivity contribution in [3.63, 3.8) is 0 Å². The molecule has 0 saturated carbocycles. The molecular formula is C16H21FN2O2S. The number of benzene rings is 1. The fourth-order valence-electron chi connectivity index (χ4n) is 2.40. The molecule has 22 heavy (non-hydrogen) atoms. The summed E-state index contributed by atoms with van der Waals surface area (Å²) < 4.78 is 24.7. The van der Waals surface area contributed by atoms with Crippen LogP contribution in [0, 0.1) is 5.82 Å². The third-order valence-corrected chi connectivity index (χ3v) is 4.46. The van der Waals surface area contributed by atoms with E-state index in [4.69, 9.17) is 0 Å². The molecular weight excluding hydrogens is 303 g/mol. The number of nitrogens with one attached hydrogen (secondary N) is 1. The van der Waals surface area contributed by atoms with Crippen LogP contribution in [0.15, 0.2) is 30.3 Å². The molecule has 120 valence electrons. The van der Waals surface area contributed by atoms with Gasteiger partial charge in [0.25, 0.3) is 0 Å². The molecule has 0 aliphatic carbocycles. The monoisotopic (exact) mass is 324 g/mol. The summed E-state index contributed by atoms with van der Waals surface area (Å²) in [6, 6.07) is 6.58. The Hall–Kier alpha value is -1.69. The van der Waals surface area contributed by atoms with E-state index in [2.05, 4.69) is 5.32 Å². The third-order valence-electron chi connectivity index (χ3n) is 3.60. The zero-order chi connectivity index (χ0) is 15.9. The van der Waals surface area contributed by atoms with Crippen molar-refractivity contribution in [3.05, 3.63) is 41.7 Å². The van der Waals surface area contributed by atoms with E-state index in [1.54, 1.807) is 23.3 Å². The van der Waals surface area contributed by atoms with Crippen LogP contribution < -0.4 is 5.32 Å². The van der Waals surface area contributed by atoms with Crippen molar-refractivity contribution in [1.82, 2.24) is 10.2 Å². The molecule has 0 spiro atoms. The van der Waals surface area contributed by atoms with Gasteiger partial charge in [0.1, 0.15) is 5.82 Å². The number of amides is 2. The Morgan fingerprint density at radius 2 is 2.18 bits per heavy atom. The third kappa shape index (κ3) is 4.66. The highest BCUT2D eigenvalue weighted by molar-refractivity contribution is 7.84. The summed E-state index contributed by atoms with van der Waals surface area (Å²) in [6.07, 6.45) is 4.91. The van der Waals surface area contributed by atoms with Crippen LogP contribution in [0.5, 0.6) is 0 Å². The van der Waals surface area contributed by atoms with Gasteiger partial charge in [-0.15, -0.1) is 0 Å². The highest BCUT2D eigenvalue weighted by atomic mass is 32.2. The molecule has 1 N–H and O–H groups in total. The second kappa shape index (κ2) is 8.08. The second-order valence-electron chi connectivity index (χ2n) is 5.27. The summed E-state index contributed by atoms with van der Waals surface area (Å²) in [7, 11) is -0.823. The highest BCUT2D eigenvalue weighted by Crippen LogP contribution is 2.24. The predicted octanol–water partition coefficient (Wildman–Crippen LogP) is 2.39. The first kappa shape index (κ1) is 16.7. The van der Waals surface area contributed by atoms with E-state index in [0.717, 1.165) is 5.57 Å². The van der Waals surface area contributed by atoms with Gasteiger partial charge in [0.15, 0.2) is 0 Å². The molecule has 0 aromatic heterocycles. The van der Waals surface area contributed by atoms with Gasteiger partial charge in [-0.1, -0.05) is 24.3 Å². The van der Waals surface area contributed by atoms with E-state index in [1.807, 2.05) is 12.1 Å². The lowest BCUT2D eigenvalue weighted by Crippen LogP contribution is -2.42. The molecule has 1 aromatic carbocycles. The van der Waals surface area contributed by atoms with Crippen molar-refractivity contribution >= 4 is 22.4 Å². The summed E-state index contributed by atoms with van der Waals surface area (Å²) in [4.78, 5) is 13.7. The molecule has 0 radical (unpaired) electrons. The topological polar surface area (TPSA) is 49.4 Å². The molecule has 1 aliphatic rings. The lowest BCUT2D eigenvalue weighted by atomic mass is 9.99. The molecule has 4 nitrogen and oxygen atoms in total. The number of hydrogen-bond donors (Lipinski definition) is 1. The Bertz CT molecular complexity index is 589. The first-order chi connectivity index (χ1) is 10.6. The first-order valence-corrected chi connectivity index (χ1v) is 9.07. The quantitative estimate of drug-likeness (QED) is 0.846. The summed E-state index contributed by atoms with van der Waals surface area (Å²) in [6.45, 7) is 1.58. The minimum atomic E-state index is -0.823. The number of halogens is 1. The minimum absolute atomic E-state index is 0.120. The molecule has 0 saturated heterocycles. The van der Waals surface area contributed by atoms with E-state index in [0.29, 0.717) is 43.8 Å². The second-order valence-corrected chi connectivity index (χ2v) is 6.82. The van der Waals surface area contributed by atoms with Crippen molar-refractivity contribution < 1.29 is 13.4 Å². The zero-order valence-electron chi connectivity index (χ0n) is 12.7. The van der Waals surface area contributed by atoms with Crippen LogP contribution in [0.25, 0.3) is 5.57 Å². The standard InChI is InChI=1S/C16H21FN2O2S/c1-22(21)12-4-9-18-16(20)19-10-7-13(8-11-19)14-5-2-3-6-15(14)17/h2-3,5-7H,4,8-12H2,1H3,(H,18,20)/t22-/m1/s1. The number of rotatable bonds is 5. The fourth-order valence-corrected chi connectivity index (χ4v) is 2.95. The van der Waals surface area contributed by atoms with Gasteiger partial charge in [-0.05, 0) is 24.5 Å². The van der Waals surface area contributed by atoms with Crippen molar-refractivity contribution in [3.8, 4) is 0 Å². The lowest BCUT2D eigenvalue weighted by Gasteiger charge is -2.27. The van der Waals surface area contributed by atoms with E-state index in [1.165, 1.54) is 6.07 Å². The Kier molecular flexibility index (Phi) is 6.12. The molecule has 0 bridgehead atoms. The molecule has 6 heteroatoms. The van der Waals surface area contributed by atoms with Gasteiger partial charge >= 0.3 is 6.03 Å². The average molecular weight is 324 g/mol. The summed E-state index contributed by atoms with van der Waals surface area (Å²) in [5, 5.41) is 2.82. The molecule has 1 heterocycles. The smallest absolute Gasteiger partial charge is 0.317 e. The molecule has 2 rings (SSSR count). The lowest BCUT2D eigenvalue weighted by molar-refractivity contribution is 0.203. The van der Waals surface area contributed by atoms with Crippen molar-refractivity contribution in [2.45, 2.75) is 12.8 Å². The van der Waals surface area contributed by atoms with Crippen molar-refractivity contribution in [1.29, 1.82) is 0 Å². The Balaban J connectivity index is 1.84. The number of carbonyl (C=O) groups is 1. The highest BCUT2D eigenvalue weighted by Gasteiger charge is 2.18. The first-order valence-electron chi connectivity index (χ1n) is 7.34. The van der Waals surface area contributed by atoms with Gasteiger partial charge < -0.3 is 10.2 Å². The van der Waals surface area contributed by atoms with Gasteiger partial charge in [0, 0.05) is 48.0 Å². The number of carbonyl (C=O) groups excluding carboxylic acids is 1. The largest absolute Gasteiger partial charge is 0.338 e. The van der Waals surface area contributed by atoms with Crippen molar-refractivity contribution in [2.75, 3.05) is 31.6 Å². The van der Waals surface area contributed by atoms with Crippen LogP contribution in [-0.2, 0) is 10.8 Å². The van der Waals surface area contributed by atoms with Crippen LogP contribution in [0.2, 0.25) is 0 Å². The van der Waals surface area contributed by atoms with Crippen LogP contribution in [0.4, 0.5) is 9.18 Å². The van der Waals surface area contributed by atoms with Crippen LogP contribution in [0.1, 0.15) is 18.4 Å². The Morgan fingerprint density at radius 1 is 1.41 bits per heavy atom. The summed E-state index contributed by atoms with van der Waals surface area (Å²) in [5.41, 5.74) is 1.57. The van der Waals surface area contributed by atoms with Gasteiger partial charge in [0.2, 0.25) is 0 Å². The normalized spacial score (nSPS) is 16.1. The van der Waals surface area contributed by atoms with Crippen LogP contribution in [-0.4, -0.2) is 46.8 Å². The molecule has 1 aromatic rings. The number of urea groups is 1. The maximum Gasteiger partial charge on any atom is 0.317 e. The molecule has 1 atom stereocenters. The van der Waals surface area contributed by atoms with E-state index < -0.39 is 10.8 Å². The van der Waals surface area contributed by atoms with E-state index >= 15 is 0 Å². The zero-order valence-corrected chi connectivity index (χ0v) is 13.5. The van der Waals surface area contributed by atoms with E-state index in [9.17, 15) is 13.4 Å². The number of nitrogens with zero attached hydrogens (tertiary/aromatic N) is 1. The molecule has 2 amide bonds. The minimum Gasteiger partial charge on any atom is -0.338 e. The maximum atomic E-state index is 13.7. The van der Waals surface area contributed by atoms with Gasteiger partial charge in [-0.2, -0.15) is 0 Å². The van der Waals surface area contributed by atoms with Crippen molar-refractivity contribution in [2.24, 2.45) is 0 Å².